The summed E-state index contributed by atoms with van der Waals surface area (Å²) in [6, 6.07) is 18.5. The molecule has 28 heavy (non-hydrogen) atoms. The first kappa shape index (κ1) is 18.2. The van der Waals surface area contributed by atoms with Crippen LogP contribution >= 0.6 is 0 Å². The molecular weight excluding hydrogens is 356 g/mol. The smallest absolute Gasteiger partial charge is 0.351 e. The molecule has 3 aromatic rings. The van der Waals surface area contributed by atoms with Gasteiger partial charge < -0.3 is 10.0 Å². The molecule has 1 aliphatic heterocycles. The minimum absolute atomic E-state index is 0.0949. The molecule has 0 saturated carbocycles. The van der Waals surface area contributed by atoms with Crippen molar-refractivity contribution in [3.63, 3.8) is 0 Å². The largest absolute Gasteiger partial charge is 0.383 e. The summed E-state index contributed by atoms with van der Waals surface area (Å²) in [6.07, 6.45) is 0.472. The molecule has 1 N–H and O–H groups in total. The fraction of sp³-hybridized carbons (Fsp3) is 0.286. The highest BCUT2D eigenvalue weighted by molar-refractivity contribution is 5.76. The van der Waals surface area contributed by atoms with E-state index in [0.717, 1.165) is 5.56 Å². The van der Waals surface area contributed by atoms with E-state index in [1.165, 1.54) is 9.25 Å². The first-order valence-electron chi connectivity index (χ1n) is 9.25. The van der Waals surface area contributed by atoms with E-state index in [4.69, 9.17) is 0 Å². The van der Waals surface area contributed by atoms with Crippen molar-refractivity contribution >= 4 is 5.91 Å². The zero-order chi connectivity index (χ0) is 19.7. The van der Waals surface area contributed by atoms with Gasteiger partial charge in [0, 0.05) is 6.54 Å². The lowest BCUT2D eigenvalue weighted by Crippen LogP contribution is -2.38. The first-order valence-corrected chi connectivity index (χ1v) is 9.25. The Morgan fingerprint density at radius 2 is 1.75 bits per heavy atom. The van der Waals surface area contributed by atoms with Crippen molar-refractivity contribution in [2.24, 2.45) is 0 Å². The molecular formula is C21H22N4O3. The van der Waals surface area contributed by atoms with Gasteiger partial charge in [-0.25, -0.2) is 4.79 Å². The fourth-order valence-electron chi connectivity index (χ4n) is 3.64. The molecule has 1 fully saturated rings. The molecule has 0 bridgehead atoms. The lowest BCUT2D eigenvalue weighted by Gasteiger charge is -2.24. The fourth-order valence-corrected chi connectivity index (χ4v) is 3.64. The van der Waals surface area contributed by atoms with Gasteiger partial charge in [-0.3, -0.25) is 9.36 Å². The molecule has 0 radical (unpaired) electrons. The topological polar surface area (TPSA) is 80.4 Å². The number of likely N-dealkylation sites (tertiary alicyclic amines) is 1. The summed E-state index contributed by atoms with van der Waals surface area (Å²) in [4.78, 5) is 27.1. The number of β-amino-alcohol motifs (C(OH)–C–C–N with tert-alkyl or cyclic N) is 1. The Morgan fingerprint density at radius 3 is 2.43 bits per heavy atom. The van der Waals surface area contributed by atoms with Gasteiger partial charge in [0.05, 0.1) is 12.2 Å². The molecule has 1 saturated heterocycles. The lowest BCUT2D eigenvalue weighted by molar-refractivity contribution is -0.132. The first-order chi connectivity index (χ1) is 13.5. The van der Waals surface area contributed by atoms with Crippen LogP contribution in [0.2, 0.25) is 0 Å². The molecule has 1 atom stereocenters. The number of hydrogen-bond acceptors (Lipinski definition) is 4. The molecule has 1 aliphatic rings. The van der Waals surface area contributed by atoms with Gasteiger partial charge in [-0.15, -0.1) is 0 Å². The lowest BCUT2D eigenvalue weighted by atomic mass is 9.93. The summed E-state index contributed by atoms with van der Waals surface area (Å²) in [5.74, 6) is 0.268. The number of aliphatic hydroxyl groups is 1. The summed E-state index contributed by atoms with van der Waals surface area (Å²) in [6.45, 7) is 2.28. The number of carbonyl (C=O) groups is 1. The molecule has 1 unspecified atom stereocenters. The van der Waals surface area contributed by atoms with Gasteiger partial charge in [-0.1, -0.05) is 48.5 Å². The number of aryl methyl sites for hydroxylation is 1. The average Bonchev–Trinajstić information content (AvgIpc) is 3.26. The maximum atomic E-state index is 12.8. The Balaban J connectivity index is 1.52. The highest BCUT2D eigenvalue weighted by Crippen LogP contribution is 2.31. The maximum Gasteiger partial charge on any atom is 0.351 e. The van der Waals surface area contributed by atoms with E-state index in [1.54, 1.807) is 24.0 Å². The number of nitrogens with zero attached hydrogens (tertiary/aromatic N) is 4. The van der Waals surface area contributed by atoms with Gasteiger partial charge in [0.2, 0.25) is 5.91 Å². The second kappa shape index (κ2) is 7.09. The van der Waals surface area contributed by atoms with Crippen molar-refractivity contribution in [1.29, 1.82) is 0 Å². The van der Waals surface area contributed by atoms with Crippen LogP contribution in [0, 0.1) is 6.92 Å². The number of aromatic nitrogens is 3. The van der Waals surface area contributed by atoms with Gasteiger partial charge >= 0.3 is 5.69 Å². The van der Waals surface area contributed by atoms with Crippen molar-refractivity contribution in [3.05, 3.63) is 82.5 Å². The second-order valence-corrected chi connectivity index (χ2v) is 7.13. The second-order valence-electron chi connectivity index (χ2n) is 7.13. The number of hydrogen-bond donors (Lipinski definition) is 1. The summed E-state index contributed by atoms with van der Waals surface area (Å²) >= 11 is 0. The van der Waals surface area contributed by atoms with Gasteiger partial charge in [0.25, 0.3) is 0 Å². The van der Waals surface area contributed by atoms with Crippen molar-refractivity contribution in [2.75, 3.05) is 13.1 Å². The van der Waals surface area contributed by atoms with Crippen LogP contribution in [0.1, 0.15) is 17.8 Å². The summed E-state index contributed by atoms with van der Waals surface area (Å²) in [5.41, 5.74) is 0.0528. The Labute approximate surface area is 162 Å². The van der Waals surface area contributed by atoms with Gasteiger partial charge in [0.15, 0.2) is 0 Å². The third-order valence-corrected chi connectivity index (χ3v) is 5.25. The summed E-state index contributed by atoms with van der Waals surface area (Å²) in [5, 5.41) is 15.2. The van der Waals surface area contributed by atoms with Crippen LogP contribution in [0.4, 0.5) is 0 Å². The number of amides is 1. The molecule has 0 aliphatic carbocycles. The van der Waals surface area contributed by atoms with Crippen molar-refractivity contribution in [2.45, 2.75) is 25.5 Å². The van der Waals surface area contributed by atoms with E-state index < -0.39 is 5.60 Å². The monoisotopic (exact) mass is 378 g/mol. The standard InChI is InChI=1S/C21H22N4O3/c1-16-22-25(18-10-6-3-7-11-18)20(27)24(16)14-19(26)23-13-12-21(28,15-23)17-8-4-2-5-9-17/h2-11,28H,12-15H2,1H3. The minimum atomic E-state index is -1.05. The SMILES string of the molecule is Cc1nn(-c2ccccc2)c(=O)n1CC(=O)N1CCC(O)(c2ccccc2)C1. The van der Waals surface area contributed by atoms with Crippen LogP contribution in [-0.2, 0) is 16.9 Å². The van der Waals surface area contributed by atoms with Gasteiger partial charge in [-0.2, -0.15) is 9.78 Å². The van der Waals surface area contributed by atoms with Crippen molar-refractivity contribution < 1.29 is 9.90 Å². The Morgan fingerprint density at radius 1 is 1.11 bits per heavy atom. The van der Waals surface area contributed by atoms with E-state index in [0.29, 0.717) is 24.5 Å². The maximum absolute atomic E-state index is 12.8. The molecule has 7 nitrogen and oxygen atoms in total. The van der Waals surface area contributed by atoms with E-state index in [9.17, 15) is 14.7 Å². The van der Waals surface area contributed by atoms with Gasteiger partial charge in [-0.05, 0) is 31.0 Å². The van der Waals surface area contributed by atoms with Crippen LogP contribution in [0.25, 0.3) is 5.69 Å². The van der Waals surface area contributed by atoms with E-state index >= 15 is 0 Å². The Hall–Kier alpha value is -3.19. The number of benzene rings is 2. The predicted molar refractivity (Wildman–Crippen MR) is 104 cm³/mol. The molecule has 1 amide bonds. The highest BCUT2D eigenvalue weighted by atomic mass is 16.3. The minimum Gasteiger partial charge on any atom is -0.383 e. The summed E-state index contributed by atoms with van der Waals surface area (Å²) < 4.78 is 2.67. The predicted octanol–water partition coefficient (Wildman–Crippen LogP) is 1.46. The zero-order valence-corrected chi connectivity index (χ0v) is 15.7. The Bertz CT molecular complexity index is 1040. The molecule has 1 aromatic heterocycles. The van der Waals surface area contributed by atoms with E-state index in [2.05, 4.69) is 5.10 Å². The van der Waals surface area contributed by atoms with Crippen LogP contribution in [-0.4, -0.2) is 43.4 Å². The zero-order valence-electron chi connectivity index (χ0n) is 15.7. The average molecular weight is 378 g/mol. The highest BCUT2D eigenvalue weighted by Gasteiger charge is 2.39. The van der Waals surface area contributed by atoms with Crippen LogP contribution in [0.3, 0.4) is 0 Å². The quantitative estimate of drug-likeness (QED) is 0.745. The molecule has 4 rings (SSSR count). The number of carbonyl (C=O) groups excluding carboxylic acids is 1. The molecule has 0 spiro atoms. The third kappa shape index (κ3) is 3.25. The van der Waals surface area contributed by atoms with Crippen LogP contribution < -0.4 is 5.69 Å². The van der Waals surface area contributed by atoms with Crippen molar-refractivity contribution in [3.8, 4) is 5.69 Å². The molecule has 2 heterocycles. The van der Waals surface area contributed by atoms with Crippen molar-refractivity contribution in [1.82, 2.24) is 19.2 Å². The molecule has 2 aromatic carbocycles. The van der Waals surface area contributed by atoms with Crippen LogP contribution in [0.5, 0.6) is 0 Å². The van der Waals surface area contributed by atoms with Gasteiger partial charge in [0.1, 0.15) is 18.0 Å². The molecule has 7 heteroatoms. The summed E-state index contributed by atoms with van der Waals surface area (Å²) in [7, 11) is 0. The normalized spacial score (nSPS) is 19.1. The number of para-hydroxylation sites is 1. The molecule has 144 valence electrons. The van der Waals surface area contributed by atoms with E-state index in [1.807, 2.05) is 48.5 Å². The number of rotatable bonds is 4. The Kier molecular flexibility index (Phi) is 4.60. The van der Waals surface area contributed by atoms with Crippen LogP contribution in [0.15, 0.2) is 65.5 Å². The third-order valence-electron chi connectivity index (χ3n) is 5.25. The van der Waals surface area contributed by atoms with E-state index in [-0.39, 0.29) is 24.7 Å².